The lowest BCUT2D eigenvalue weighted by Gasteiger charge is -2.36. The number of esters is 1. The second kappa shape index (κ2) is 22.4. The van der Waals surface area contributed by atoms with Crippen LogP contribution in [0, 0.1) is 0 Å². The minimum absolute atomic E-state index is 0.00595. The number of sulfone groups is 2. The molecule has 14 nitrogen and oxygen atoms in total. The summed E-state index contributed by atoms with van der Waals surface area (Å²) in [7, 11) is -8.06. The number of rotatable bonds is 18. The standard InChI is InChI=1S/C26H34O7S.C22H26O7S/c1-5-30-18-19-32-22-10-6-20(7-11-22)21-8-12-23(13-9-21)34(28,29)26(14-16-31-17-15-26)24(27)33-25(2,3)4;1-2-27-15-16-29-19-7-3-17(4-8-19)18-5-9-20(10-6-18)30(25,26)22(21(23)24)11-13-28-14-12-22/h6-13H,5,14-19H2,1-4H3;3-10H,2,11-16H2,1H3,(H,23,24). The fourth-order valence-corrected chi connectivity index (χ4v) is 11.1. The van der Waals surface area contributed by atoms with E-state index in [0.717, 1.165) is 33.8 Å². The lowest BCUT2D eigenvalue weighted by Crippen LogP contribution is -2.53. The first-order valence-electron chi connectivity index (χ1n) is 21.4. The Morgan fingerprint density at radius 1 is 0.547 bits per heavy atom. The molecule has 0 bridgehead atoms. The number of aliphatic carboxylic acids is 1. The van der Waals surface area contributed by atoms with Crippen molar-refractivity contribution in [2.24, 2.45) is 0 Å². The summed E-state index contributed by atoms with van der Waals surface area (Å²) in [6.07, 6.45) is 0.0157. The Morgan fingerprint density at radius 3 is 1.20 bits per heavy atom. The van der Waals surface area contributed by atoms with Crippen LogP contribution in [0.5, 0.6) is 11.5 Å². The van der Waals surface area contributed by atoms with Gasteiger partial charge in [0, 0.05) is 65.3 Å². The number of hydrogen-bond acceptors (Lipinski definition) is 13. The van der Waals surface area contributed by atoms with E-state index in [2.05, 4.69) is 0 Å². The van der Waals surface area contributed by atoms with Crippen LogP contribution in [0.2, 0.25) is 0 Å². The van der Waals surface area contributed by atoms with E-state index in [4.69, 9.17) is 33.2 Å². The van der Waals surface area contributed by atoms with Crippen LogP contribution in [0.1, 0.15) is 60.3 Å². The molecule has 6 rings (SSSR count). The zero-order chi connectivity index (χ0) is 46.4. The fourth-order valence-electron chi connectivity index (χ4n) is 7.27. The van der Waals surface area contributed by atoms with Gasteiger partial charge in [0.15, 0.2) is 29.2 Å². The Bertz CT molecular complexity index is 2330. The first-order chi connectivity index (χ1) is 30.5. The van der Waals surface area contributed by atoms with E-state index in [-0.39, 0.29) is 61.9 Å². The zero-order valence-electron chi connectivity index (χ0n) is 37.2. The van der Waals surface area contributed by atoms with Gasteiger partial charge in [-0.25, -0.2) is 16.8 Å². The minimum atomic E-state index is -4.06. The molecule has 2 fully saturated rings. The van der Waals surface area contributed by atoms with Crippen molar-refractivity contribution in [3.8, 4) is 33.8 Å². The van der Waals surface area contributed by atoms with Gasteiger partial charge in [-0.1, -0.05) is 48.5 Å². The molecule has 348 valence electrons. The van der Waals surface area contributed by atoms with Crippen molar-refractivity contribution in [3.05, 3.63) is 97.1 Å². The molecule has 0 spiro atoms. The lowest BCUT2D eigenvalue weighted by atomic mass is 9.99. The topological polar surface area (TPSA) is 187 Å². The highest BCUT2D eigenvalue weighted by Crippen LogP contribution is 2.39. The maximum atomic E-state index is 13.7. The summed E-state index contributed by atoms with van der Waals surface area (Å²) < 4.78 is 88.0. The van der Waals surface area contributed by atoms with E-state index in [0.29, 0.717) is 39.6 Å². The lowest BCUT2D eigenvalue weighted by molar-refractivity contribution is -0.160. The normalized spacial score (nSPS) is 16.1. The van der Waals surface area contributed by atoms with Crippen LogP contribution in [0.4, 0.5) is 0 Å². The highest BCUT2D eigenvalue weighted by molar-refractivity contribution is 7.94. The molecule has 16 heteroatoms. The van der Waals surface area contributed by atoms with Crippen LogP contribution in [-0.4, -0.2) is 115 Å². The van der Waals surface area contributed by atoms with Crippen molar-refractivity contribution < 1.29 is 64.7 Å². The molecule has 0 saturated carbocycles. The largest absolute Gasteiger partial charge is 0.491 e. The van der Waals surface area contributed by atoms with Gasteiger partial charge in [-0.3, -0.25) is 9.59 Å². The van der Waals surface area contributed by atoms with Crippen molar-refractivity contribution in [1.82, 2.24) is 0 Å². The summed E-state index contributed by atoms with van der Waals surface area (Å²) >= 11 is 0. The number of carbonyl (C=O) groups is 2. The molecule has 2 heterocycles. The molecule has 0 radical (unpaired) electrons. The number of benzene rings is 4. The number of carbonyl (C=O) groups excluding carboxylic acids is 1. The maximum Gasteiger partial charge on any atom is 0.328 e. The van der Waals surface area contributed by atoms with Gasteiger partial charge in [-0.2, -0.15) is 0 Å². The maximum absolute atomic E-state index is 13.7. The molecule has 0 aromatic heterocycles. The SMILES string of the molecule is CCOCCOc1ccc(-c2ccc(S(=O)(=O)C3(C(=O)O)CCOCC3)cc2)cc1.CCOCCOc1ccc(-c2ccc(S(=O)(=O)C3(C(=O)OC(C)(C)C)CCOCC3)cc2)cc1. The Morgan fingerprint density at radius 2 is 0.875 bits per heavy atom. The Labute approximate surface area is 377 Å². The number of carboxylic acids is 1. The van der Waals surface area contributed by atoms with Crippen molar-refractivity contribution in [2.75, 3.05) is 66.1 Å². The number of ether oxygens (including phenoxy) is 7. The second-order valence-corrected chi connectivity index (χ2v) is 20.7. The smallest absolute Gasteiger partial charge is 0.328 e. The third kappa shape index (κ3) is 12.1. The van der Waals surface area contributed by atoms with Crippen LogP contribution in [0.3, 0.4) is 0 Å². The third-order valence-corrected chi connectivity index (χ3v) is 15.9. The molecule has 2 aliphatic heterocycles. The molecule has 64 heavy (non-hydrogen) atoms. The van der Waals surface area contributed by atoms with Crippen molar-refractivity contribution in [1.29, 1.82) is 0 Å². The van der Waals surface area contributed by atoms with E-state index in [1.54, 1.807) is 57.2 Å². The summed E-state index contributed by atoms with van der Waals surface area (Å²) in [5, 5.41) is 9.68. The highest BCUT2D eigenvalue weighted by Gasteiger charge is 2.55. The summed E-state index contributed by atoms with van der Waals surface area (Å²) in [4.78, 5) is 25.1. The van der Waals surface area contributed by atoms with Crippen molar-refractivity contribution in [2.45, 2.75) is 85.2 Å². The van der Waals surface area contributed by atoms with E-state index in [9.17, 15) is 31.5 Å². The van der Waals surface area contributed by atoms with Gasteiger partial charge < -0.3 is 38.3 Å². The van der Waals surface area contributed by atoms with Gasteiger partial charge >= 0.3 is 11.9 Å². The van der Waals surface area contributed by atoms with Gasteiger partial charge in [0.25, 0.3) is 0 Å². The van der Waals surface area contributed by atoms with E-state index < -0.39 is 46.7 Å². The molecule has 0 unspecified atom stereocenters. The molecule has 0 atom stereocenters. The van der Waals surface area contributed by atoms with Gasteiger partial charge in [-0.05, 0) is 105 Å². The molecule has 1 N–H and O–H groups in total. The van der Waals surface area contributed by atoms with Crippen molar-refractivity contribution in [3.63, 3.8) is 0 Å². The summed E-state index contributed by atoms with van der Waals surface area (Å²) in [5.41, 5.74) is 2.72. The first kappa shape index (κ1) is 50.2. The molecule has 0 aliphatic carbocycles. The van der Waals surface area contributed by atoms with Gasteiger partial charge in [-0.15, -0.1) is 0 Å². The summed E-state index contributed by atoms with van der Waals surface area (Å²) in [6, 6.07) is 27.9. The van der Waals surface area contributed by atoms with E-state index in [1.807, 2.05) is 62.4 Å². The molecule has 0 amide bonds. The van der Waals surface area contributed by atoms with Gasteiger partial charge in [0.1, 0.15) is 30.3 Å². The molecule has 2 saturated heterocycles. The highest BCUT2D eigenvalue weighted by atomic mass is 32.2. The fraction of sp³-hybridized carbons (Fsp3) is 0.458. The monoisotopic (exact) mass is 924 g/mol. The van der Waals surface area contributed by atoms with E-state index in [1.165, 1.54) is 12.1 Å². The first-order valence-corrected chi connectivity index (χ1v) is 24.4. The predicted molar refractivity (Wildman–Crippen MR) is 241 cm³/mol. The van der Waals surface area contributed by atoms with Crippen LogP contribution in [0.15, 0.2) is 107 Å². The Balaban J connectivity index is 0.000000243. The minimum Gasteiger partial charge on any atom is -0.491 e. The predicted octanol–water partition coefficient (Wildman–Crippen LogP) is 7.61. The Hall–Kier alpha value is -4.84. The summed E-state index contributed by atoms with van der Waals surface area (Å²) in [6.45, 7) is 13.0. The van der Waals surface area contributed by atoms with Gasteiger partial charge in [0.2, 0.25) is 0 Å². The molecular formula is C48H60O14S2. The molecular weight excluding hydrogens is 865 g/mol. The number of carboxylic acid groups (broad SMARTS) is 1. The Kier molecular flexibility index (Phi) is 17.5. The van der Waals surface area contributed by atoms with Gasteiger partial charge in [0.05, 0.1) is 23.0 Å². The average Bonchev–Trinajstić information content (AvgIpc) is 3.30. The zero-order valence-corrected chi connectivity index (χ0v) is 38.8. The van der Waals surface area contributed by atoms with Crippen LogP contribution < -0.4 is 9.47 Å². The molecule has 2 aliphatic rings. The average molecular weight is 925 g/mol. The quantitative estimate of drug-likeness (QED) is 0.0759. The van der Waals surface area contributed by atoms with Crippen LogP contribution in [0.25, 0.3) is 22.3 Å². The third-order valence-electron chi connectivity index (χ3n) is 10.9. The molecule has 4 aromatic rings. The molecule has 4 aromatic carbocycles. The van der Waals surface area contributed by atoms with E-state index >= 15 is 0 Å². The number of hydrogen-bond donors (Lipinski definition) is 1. The van der Waals surface area contributed by atoms with Crippen LogP contribution >= 0.6 is 0 Å². The summed E-state index contributed by atoms with van der Waals surface area (Å²) in [5.74, 6) is -0.579. The second-order valence-electron chi connectivity index (χ2n) is 16.2. The van der Waals surface area contributed by atoms with Crippen LogP contribution in [-0.2, 0) is 52.9 Å². The van der Waals surface area contributed by atoms with Crippen molar-refractivity contribution >= 4 is 31.6 Å².